The molecule has 1 aromatic carbocycles. The average Bonchev–Trinajstić information content (AvgIpc) is 3.14. The van der Waals surface area contributed by atoms with Crippen molar-refractivity contribution in [3.05, 3.63) is 35.9 Å². The average molecular weight is 315 g/mol. The fourth-order valence-electron chi connectivity index (χ4n) is 4.65. The minimum atomic E-state index is -0.359. The lowest BCUT2D eigenvalue weighted by Crippen LogP contribution is -2.31. The lowest BCUT2D eigenvalue weighted by Gasteiger charge is -2.23. The van der Waals surface area contributed by atoms with Gasteiger partial charge in [-0.3, -0.25) is 4.79 Å². The Labute approximate surface area is 139 Å². The van der Waals surface area contributed by atoms with Crippen LogP contribution < -0.4 is 5.32 Å². The maximum atomic E-state index is 12.3. The zero-order valence-corrected chi connectivity index (χ0v) is 14.1. The molecule has 5 atom stereocenters. The maximum Gasteiger partial charge on any atom is 0.220 e. The van der Waals surface area contributed by atoms with Crippen LogP contribution in [0.2, 0.25) is 0 Å². The molecule has 2 aliphatic rings. The summed E-state index contributed by atoms with van der Waals surface area (Å²) in [5, 5.41) is 12.9. The molecular formula is C20H29NO2. The highest BCUT2D eigenvalue weighted by Gasteiger charge is 2.40. The summed E-state index contributed by atoms with van der Waals surface area (Å²) in [5.74, 6) is 2.67. The van der Waals surface area contributed by atoms with Gasteiger partial charge in [0.2, 0.25) is 5.91 Å². The fraction of sp³-hybridized carbons (Fsp3) is 0.650. The number of carbonyl (C=O) groups is 1. The number of aliphatic hydroxyl groups is 1. The molecule has 1 aromatic rings. The SMILES string of the molecule is CC(O)CC(CNC(=O)CC1CC2CCC1C2)c1ccccc1. The van der Waals surface area contributed by atoms with Crippen LogP contribution in [0.3, 0.4) is 0 Å². The molecule has 2 N–H and O–H groups in total. The van der Waals surface area contributed by atoms with Crippen LogP contribution in [0.15, 0.2) is 30.3 Å². The molecule has 0 aromatic heterocycles. The summed E-state index contributed by atoms with van der Waals surface area (Å²) in [6.07, 6.45) is 6.34. The highest BCUT2D eigenvalue weighted by atomic mass is 16.3. The first-order valence-corrected chi connectivity index (χ1v) is 9.11. The maximum absolute atomic E-state index is 12.3. The molecule has 3 heteroatoms. The Bertz CT molecular complexity index is 514. The van der Waals surface area contributed by atoms with Gasteiger partial charge in [-0.2, -0.15) is 0 Å². The van der Waals surface area contributed by atoms with Crippen molar-refractivity contribution in [1.29, 1.82) is 0 Å². The molecule has 0 heterocycles. The van der Waals surface area contributed by atoms with E-state index in [0.717, 1.165) is 11.8 Å². The van der Waals surface area contributed by atoms with E-state index in [9.17, 15) is 9.90 Å². The van der Waals surface area contributed by atoms with Gasteiger partial charge in [0.15, 0.2) is 0 Å². The molecule has 0 aliphatic heterocycles. The van der Waals surface area contributed by atoms with E-state index in [1.54, 1.807) is 0 Å². The van der Waals surface area contributed by atoms with Gasteiger partial charge >= 0.3 is 0 Å². The molecule has 2 bridgehead atoms. The number of hydrogen-bond acceptors (Lipinski definition) is 2. The Morgan fingerprint density at radius 3 is 2.65 bits per heavy atom. The number of benzene rings is 1. The molecule has 23 heavy (non-hydrogen) atoms. The van der Waals surface area contributed by atoms with Crippen LogP contribution in [0.5, 0.6) is 0 Å². The summed E-state index contributed by atoms with van der Waals surface area (Å²) in [6, 6.07) is 10.2. The van der Waals surface area contributed by atoms with E-state index in [4.69, 9.17) is 0 Å². The molecule has 2 aliphatic carbocycles. The first-order chi connectivity index (χ1) is 11.1. The first-order valence-electron chi connectivity index (χ1n) is 9.11. The number of carbonyl (C=O) groups excluding carboxylic acids is 1. The number of aliphatic hydroxyl groups excluding tert-OH is 1. The van der Waals surface area contributed by atoms with E-state index in [0.29, 0.717) is 25.3 Å². The molecule has 3 rings (SSSR count). The van der Waals surface area contributed by atoms with Crippen molar-refractivity contribution in [3.8, 4) is 0 Å². The summed E-state index contributed by atoms with van der Waals surface area (Å²) in [6.45, 7) is 2.43. The van der Waals surface area contributed by atoms with Gasteiger partial charge in [-0.25, -0.2) is 0 Å². The molecule has 2 fully saturated rings. The molecule has 1 amide bonds. The van der Waals surface area contributed by atoms with Gasteiger partial charge in [-0.15, -0.1) is 0 Å². The standard InChI is InChI=1S/C20H29NO2/c1-14(22)9-19(16-5-3-2-4-6-16)13-21-20(23)12-18-11-15-7-8-17(18)10-15/h2-6,14-15,17-19,22H,7-13H2,1H3,(H,21,23). The van der Waals surface area contributed by atoms with Crippen molar-refractivity contribution in [1.82, 2.24) is 5.32 Å². The van der Waals surface area contributed by atoms with E-state index in [1.807, 2.05) is 25.1 Å². The quantitative estimate of drug-likeness (QED) is 0.809. The minimum Gasteiger partial charge on any atom is -0.393 e. The van der Waals surface area contributed by atoms with Gasteiger partial charge in [0, 0.05) is 18.9 Å². The summed E-state index contributed by atoms with van der Waals surface area (Å²) in [5.41, 5.74) is 1.19. The predicted molar refractivity (Wildman–Crippen MR) is 92.0 cm³/mol. The molecule has 2 saturated carbocycles. The summed E-state index contributed by atoms with van der Waals surface area (Å²) in [4.78, 5) is 12.3. The lowest BCUT2D eigenvalue weighted by atomic mass is 9.86. The van der Waals surface area contributed by atoms with Crippen LogP contribution in [0, 0.1) is 17.8 Å². The molecule has 0 spiro atoms. The largest absolute Gasteiger partial charge is 0.393 e. The van der Waals surface area contributed by atoms with Crippen LogP contribution in [0.25, 0.3) is 0 Å². The van der Waals surface area contributed by atoms with Crippen LogP contribution in [0.4, 0.5) is 0 Å². The van der Waals surface area contributed by atoms with E-state index in [1.165, 1.54) is 31.2 Å². The zero-order valence-electron chi connectivity index (χ0n) is 14.1. The first kappa shape index (κ1) is 16.5. The molecular weight excluding hydrogens is 286 g/mol. The number of amides is 1. The molecule has 3 nitrogen and oxygen atoms in total. The van der Waals surface area contributed by atoms with Crippen molar-refractivity contribution < 1.29 is 9.90 Å². The van der Waals surface area contributed by atoms with Gasteiger partial charge < -0.3 is 10.4 Å². The second-order valence-corrected chi connectivity index (χ2v) is 7.64. The number of hydrogen-bond donors (Lipinski definition) is 2. The smallest absolute Gasteiger partial charge is 0.220 e. The van der Waals surface area contributed by atoms with Crippen molar-refractivity contribution in [2.24, 2.45) is 17.8 Å². The van der Waals surface area contributed by atoms with Crippen LogP contribution >= 0.6 is 0 Å². The third kappa shape index (κ3) is 4.35. The predicted octanol–water partition coefficient (Wildman–Crippen LogP) is 3.48. The molecule has 0 radical (unpaired) electrons. The normalized spacial score (nSPS) is 28.5. The Balaban J connectivity index is 1.50. The summed E-state index contributed by atoms with van der Waals surface area (Å²) in [7, 11) is 0. The minimum absolute atomic E-state index is 0.181. The van der Waals surface area contributed by atoms with Crippen molar-refractivity contribution in [3.63, 3.8) is 0 Å². The van der Waals surface area contributed by atoms with Crippen LogP contribution in [-0.4, -0.2) is 23.7 Å². The summed E-state index contributed by atoms with van der Waals surface area (Å²) < 4.78 is 0. The fourth-order valence-corrected chi connectivity index (χ4v) is 4.65. The topological polar surface area (TPSA) is 49.3 Å². The van der Waals surface area contributed by atoms with Crippen molar-refractivity contribution >= 4 is 5.91 Å². The Morgan fingerprint density at radius 1 is 1.26 bits per heavy atom. The highest BCUT2D eigenvalue weighted by Crippen LogP contribution is 2.49. The number of rotatable bonds is 7. The van der Waals surface area contributed by atoms with Gasteiger partial charge in [0.1, 0.15) is 0 Å². The third-order valence-corrected chi connectivity index (χ3v) is 5.77. The van der Waals surface area contributed by atoms with Gasteiger partial charge in [0.05, 0.1) is 6.10 Å². The highest BCUT2D eigenvalue weighted by molar-refractivity contribution is 5.76. The molecule has 5 unspecified atom stereocenters. The van der Waals surface area contributed by atoms with Crippen LogP contribution in [-0.2, 0) is 4.79 Å². The molecule has 126 valence electrons. The Morgan fingerprint density at radius 2 is 2.04 bits per heavy atom. The van der Waals surface area contributed by atoms with Crippen LogP contribution in [0.1, 0.15) is 56.9 Å². The van der Waals surface area contributed by atoms with Gasteiger partial charge in [0.25, 0.3) is 0 Å². The van der Waals surface area contributed by atoms with Gasteiger partial charge in [-0.05, 0) is 55.9 Å². The lowest BCUT2D eigenvalue weighted by molar-refractivity contribution is -0.122. The van der Waals surface area contributed by atoms with Gasteiger partial charge in [-0.1, -0.05) is 36.8 Å². The third-order valence-electron chi connectivity index (χ3n) is 5.77. The number of nitrogens with one attached hydrogen (secondary N) is 1. The van der Waals surface area contributed by atoms with Crippen molar-refractivity contribution in [2.75, 3.05) is 6.54 Å². The second-order valence-electron chi connectivity index (χ2n) is 7.64. The van der Waals surface area contributed by atoms with Crippen molar-refractivity contribution in [2.45, 2.75) is 57.5 Å². The van der Waals surface area contributed by atoms with E-state index >= 15 is 0 Å². The van der Waals surface area contributed by atoms with E-state index in [-0.39, 0.29) is 17.9 Å². The molecule has 0 saturated heterocycles. The zero-order chi connectivity index (χ0) is 16.2. The summed E-state index contributed by atoms with van der Waals surface area (Å²) >= 11 is 0. The monoisotopic (exact) mass is 315 g/mol. The van der Waals surface area contributed by atoms with E-state index in [2.05, 4.69) is 17.4 Å². The Kier molecular flexibility index (Phi) is 5.37. The Hall–Kier alpha value is -1.35. The van der Waals surface area contributed by atoms with E-state index < -0.39 is 0 Å². The number of fused-ring (bicyclic) bond motifs is 2. The second kappa shape index (κ2) is 7.48.